The number of nitrogens with one attached hydrogen (secondary N) is 1. The fourth-order valence-electron chi connectivity index (χ4n) is 4.86. The Morgan fingerprint density at radius 3 is 2.79 bits per heavy atom. The summed E-state index contributed by atoms with van der Waals surface area (Å²) < 4.78 is 12.4. The van der Waals surface area contributed by atoms with Gasteiger partial charge < -0.3 is 25.4 Å². The number of carbonyl (C=O) groups excluding carboxylic acids is 2. The van der Waals surface area contributed by atoms with Crippen molar-refractivity contribution in [3.8, 4) is 17.4 Å². The van der Waals surface area contributed by atoms with E-state index in [2.05, 4.69) is 20.3 Å². The lowest BCUT2D eigenvalue weighted by Gasteiger charge is -2.49. The SMILES string of the molecule is CCCN1CCN(c2cc(Cl)nc(-n3ccnc3)n2)CC1(CC(=O)NCc1ccc2c(c1)OCO2)C(N)=O. The molecule has 4 heterocycles. The van der Waals surface area contributed by atoms with Gasteiger partial charge in [-0.3, -0.25) is 19.1 Å². The first-order valence-corrected chi connectivity index (χ1v) is 12.7. The van der Waals surface area contributed by atoms with Crippen molar-refractivity contribution in [1.82, 2.24) is 29.7 Å². The number of carbonyl (C=O) groups is 2. The number of anilines is 1. The summed E-state index contributed by atoms with van der Waals surface area (Å²) in [5.74, 6) is 1.35. The van der Waals surface area contributed by atoms with Crippen molar-refractivity contribution in [1.29, 1.82) is 0 Å². The molecular formula is C25H29ClN8O4. The average molecular weight is 541 g/mol. The Labute approximate surface area is 224 Å². The van der Waals surface area contributed by atoms with Crippen LogP contribution in [0.5, 0.6) is 11.5 Å². The Morgan fingerprint density at radius 1 is 1.18 bits per heavy atom. The molecule has 2 amide bonds. The predicted molar refractivity (Wildman–Crippen MR) is 139 cm³/mol. The molecule has 200 valence electrons. The third kappa shape index (κ3) is 5.22. The van der Waals surface area contributed by atoms with Crippen LogP contribution in [0.1, 0.15) is 25.3 Å². The van der Waals surface area contributed by atoms with E-state index in [1.165, 1.54) is 0 Å². The molecule has 0 spiro atoms. The average Bonchev–Trinajstić information content (AvgIpc) is 3.60. The molecule has 12 nitrogen and oxygen atoms in total. The molecule has 1 aromatic carbocycles. The van der Waals surface area contributed by atoms with E-state index in [0.717, 1.165) is 12.0 Å². The molecule has 3 N–H and O–H groups in total. The van der Waals surface area contributed by atoms with Crippen molar-refractivity contribution >= 4 is 29.2 Å². The minimum absolute atomic E-state index is 0.101. The molecule has 2 aliphatic heterocycles. The van der Waals surface area contributed by atoms with E-state index < -0.39 is 11.4 Å². The smallest absolute Gasteiger partial charge is 0.240 e. The van der Waals surface area contributed by atoms with Gasteiger partial charge in [0.2, 0.25) is 24.6 Å². The highest BCUT2D eigenvalue weighted by atomic mass is 35.5. The van der Waals surface area contributed by atoms with E-state index >= 15 is 0 Å². The number of benzene rings is 1. The zero-order valence-electron chi connectivity index (χ0n) is 21.0. The summed E-state index contributed by atoms with van der Waals surface area (Å²) in [6.07, 6.45) is 5.61. The van der Waals surface area contributed by atoms with Crippen LogP contribution in [0.3, 0.4) is 0 Å². The number of halogens is 1. The number of piperazine rings is 1. The number of imidazole rings is 1. The van der Waals surface area contributed by atoms with Crippen LogP contribution in [0.15, 0.2) is 43.0 Å². The summed E-state index contributed by atoms with van der Waals surface area (Å²) in [6.45, 7) is 4.38. The van der Waals surface area contributed by atoms with Gasteiger partial charge in [-0.05, 0) is 30.7 Å². The molecule has 2 aliphatic rings. The molecule has 0 saturated carbocycles. The Bertz CT molecular complexity index is 1320. The van der Waals surface area contributed by atoms with Crippen molar-refractivity contribution in [3.05, 3.63) is 53.7 Å². The number of hydrogen-bond donors (Lipinski definition) is 2. The van der Waals surface area contributed by atoms with Gasteiger partial charge in [-0.25, -0.2) is 9.97 Å². The minimum Gasteiger partial charge on any atom is -0.454 e. The maximum Gasteiger partial charge on any atom is 0.240 e. The number of nitrogens with two attached hydrogens (primary N) is 1. The topological polar surface area (TPSA) is 141 Å². The highest BCUT2D eigenvalue weighted by Crippen LogP contribution is 2.33. The number of nitrogens with zero attached hydrogens (tertiary/aromatic N) is 6. The second kappa shape index (κ2) is 10.8. The summed E-state index contributed by atoms with van der Waals surface area (Å²) in [7, 11) is 0. The standard InChI is InChI=1S/C25H29ClN8O4/c1-2-6-34-9-8-32(21-11-20(26)30-24(31-21)33-7-5-28-15-33)14-25(34,23(27)36)12-22(35)29-13-17-3-4-18-19(10-17)38-16-37-18/h3-5,7,10-11,15H,2,6,8-9,12-14,16H2,1H3,(H2,27,36)(H,29,35). The normalized spacial score (nSPS) is 18.9. The molecule has 2 aromatic heterocycles. The number of hydrogen-bond acceptors (Lipinski definition) is 9. The second-order valence-electron chi connectivity index (χ2n) is 9.26. The molecule has 1 atom stereocenters. The predicted octanol–water partition coefficient (Wildman–Crippen LogP) is 1.51. The zero-order chi connectivity index (χ0) is 26.7. The summed E-state index contributed by atoms with van der Waals surface area (Å²) in [6, 6.07) is 7.14. The van der Waals surface area contributed by atoms with Crippen LogP contribution in [-0.2, 0) is 16.1 Å². The highest BCUT2D eigenvalue weighted by Gasteiger charge is 2.48. The molecule has 1 fully saturated rings. The van der Waals surface area contributed by atoms with Gasteiger partial charge in [0.05, 0.1) is 6.42 Å². The van der Waals surface area contributed by atoms with E-state index in [1.807, 2.05) is 34.9 Å². The summed E-state index contributed by atoms with van der Waals surface area (Å²) in [5, 5.41) is 3.18. The van der Waals surface area contributed by atoms with Gasteiger partial charge in [0, 0.05) is 44.6 Å². The largest absolute Gasteiger partial charge is 0.454 e. The lowest BCUT2D eigenvalue weighted by atomic mass is 9.88. The van der Waals surface area contributed by atoms with Gasteiger partial charge in [-0.15, -0.1) is 0 Å². The fraction of sp³-hybridized carbons (Fsp3) is 0.400. The Hall–Kier alpha value is -3.90. The van der Waals surface area contributed by atoms with E-state index in [4.69, 9.17) is 26.8 Å². The molecule has 1 saturated heterocycles. The van der Waals surface area contributed by atoms with Crippen molar-refractivity contribution in [2.75, 3.05) is 37.9 Å². The summed E-state index contributed by atoms with van der Waals surface area (Å²) in [4.78, 5) is 43.2. The van der Waals surface area contributed by atoms with Crippen LogP contribution >= 0.6 is 11.6 Å². The Balaban J connectivity index is 1.36. The molecule has 5 rings (SSSR count). The fourth-order valence-corrected chi connectivity index (χ4v) is 5.03. The number of amides is 2. The lowest BCUT2D eigenvalue weighted by Crippen LogP contribution is -2.69. The van der Waals surface area contributed by atoms with Gasteiger partial charge in [0.25, 0.3) is 0 Å². The first kappa shape index (κ1) is 25.7. The van der Waals surface area contributed by atoms with Crippen LogP contribution in [-0.4, -0.2) is 74.7 Å². The van der Waals surface area contributed by atoms with E-state index in [9.17, 15) is 9.59 Å². The van der Waals surface area contributed by atoms with Crippen molar-refractivity contribution < 1.29 is 19.1 Å². The van der Waals surface area contributed by atoms with Gasteiger partial charge in [0.1, 0.15) is 22.8 Å². The molecule has 0 aliphatic carbocycles. The maximum atomic E-state index is 13.2. The number of aromatic nitrogens is 4. The van der Waals surface area contributed by atoms with Gasteiger partial charge in [-0.2, -0.15) is 4.98 Å². The number of ether oxygens (including phenoxy) is 2. The van der Waals surface area contributed by atoms with Crippen LogP contribution in [0.25, 0.3) is 5.95 Å². The van der Waals surface area contributed by atoms with Crippen LogP contribution < -0.4 is 25.4 Å². The van der Waals surface area contributed by atoms with Crippen molar-refractivity contribution in [2.24, 2.45) is 5.73 Å². The van der Waals surface area contributed by atoms with Crippen molar-refractivity contribution in [3.63, 3.8) is 0 Å². The lowest BCUT2D eigenvalue weighted by molar-refractivity contribution is -0.137. The third-order valence-electron chi connectivity index (χ3n) is 6.76. The van der Waals surface area contributed by atoms with Crippen LogP contribution in [0.4, 0.5) is 5.82 Å². The molecule has 13 heteroatoms. The molecule has 0 bridgehead atoms. The Morgan fingerprint density at radius 2 is 2.03 bits per heavy atom. The van der Waals surface area contributed by atoms with Gasteiger partial charge in [0.15, 0.2) is 11.5 Å². The van der Waals surface area contributed by atoms with E-state index in [-0.39, 0.29) is 37.4 Å². The third-order valence-corrected chi connectivity index (χ3v) is 6.95. The van der Waals surface area contributed by atoms with Crippen LogP contribution in [0, 0.1) is 0 Å². The second-order valence-corrected chi connectivity index (χ2v) is 9.65. The number of fused-ring (bicyclic) bond motifs is 1. The molecule has 1 unspecified atom stereocenters. The van der Waals surface area contributed by atoms with Gasteiger partial charge >= 0.3 is 0 Å². The summed E-state index contributed by atoms with van der Waals surface area (Å²) >= 11 is 6.32. The molecule has 3 aromatic rings. The summed E-state index contributed by atoms with van der Waals surface area (Å²) in [5.41, 5.74) is 5.65. The molecule has 38 heavy (non-hydrogen) atoms. The molecule has 0 radical (unpaired) electrons. The van der Waals surface area contributed by atoms with E-state index in [0.29, 0.717) is 42.9 Å². The maximum absolute atomic E-state index is 13.2. The zero-order valence-corrected chi connectivity index (χ0v) is 21.7. The van der Waals surface area contributed by atoms with Gasteiger partial charge in [-0.1, -0.05) is 24.6 Å². The number of rotatable bonds is 9. The van der Waals surface area contributed by atoms with Crippen molar-refractivity contribution in [2.45, 2.75) is 31.8 Å². The first-order valence-electron chi connectivity index (χ1n) is 12.4. The minimum atomic E-state index is -1.24. The van der Waals surface area contributed by atoms with E-state index in [1.54, 1.807) is 29.4 Å². The Kier molecular flexibility index (Phi) is 7.34. The quantitative estimate of drug-likeness (QED) is 0.386. The molecular weight excluding hydrogens is 512 g/mol. The monoisotopic (exact) mass is 540 g/mol. The number of primary amides is 1. The first-order chi connectivity index (χ1) is 18.4. The highest BCUT2D eigenvalue weighted by molar-refractivity contribution is 6.29. The van der Waals surface area contributed by atoms with Crippen LogP contribution in [0.2, 0.25) is 5.15 Å².